The Balaban J connectivity index is 0.000000611. The zero-order chi connectivity index (χ0) is 27.7. The van der Waals surface area contributed by atoms with E-state index in [0.29, 0.717) is 24.9 Å². The summed E-state index contributed by atoms with van der Waals surface area (Å²) in [5.41, 5.74) is 5.37. The van der Waals surface area contributed by atoms with Crippen molar-refractivity contribution in [3.05, 3.63) is 81.0 Å². The minimum atomic E-state index is -0.250. The largest absolute Gasteiger partial charge is 0.508 e. The third-order valence-electron chi connectivity index (χ3n) is 6.71. The van der Waals surface area contributed by atoms with Gasteiger partial charge in [0.2, 0.25) is 0 Å². The smallest absolute Gasteiger partial charge is 0.290 e. The highest BCUT2D eigenvalue weighted by Gasteiger charge is 2.35. The van der Waals surface area contributed by atoms with Gasteiger partial charge in [-0.25, -0.2) is 0 Å². The van der Waals surface area contributed by atoms with Crippen molar-refractivity contribution < 1.29 is 24.9 Å². The molecule has 1 aromatic carbocycles. The van der Waals surface area contributed by atoms with Gasteiger partial charge in [-0.2, -0.15) is 5.10 Å². The summed E-state index contributed by atoms with van der Waals surface area (Å²) in [6.45, 7) is 6.44. The number of nitrogens with zero attached hydrogens (tertiary/aromatic N) is 4. The van der Waals surface area contributed by atoms with E-state index in [1.54, 1.807) is 12.1 Å². The van der Waals surface area contributed by atoms with Gasteiger partial charge in [-0.1, -0.05) is 18.2 Å². The van der Waals surface area contributed by atoms with Gasteiger partial charge < -0.3 is 19.9 Å². The van der Waals surface area contributed by atoms with Crippen molar-refractivity contribution in [3.8, 4) is 5.75 Å². The number of hydrogen-bond acceptors (Lipinski definition) is 7. The number of aromatic hydroxyl groups is 1. The third-order valence-corrected chi connectivity index (χ3v) is 6.71. The lowest BCUT2D eigenvalue weighted by molar-refractivity contribution is -0.123. The van der Waals surface area contributed by atoms with Gasteiger partial charge >= 0.3 is 0 Å². The first-order chi connectivity index (χ1) is 18.3. The summed E-state index contributed by atoms with van der Waals surface area (Å²) in [7, 11) is 2.01. The second-order valence-corrected chi connectivity index (χ2v) is 9.79. The minimum absolute atomic E-state index is 0.149. The quantitative estimate of drug-likeness (QED) is 0.355. The van der Waals surface area contributed by atoms with E-state index in [-0.39, 0.29) is 24.3 Å². The highest BCUT2D eigenvalue weighted by molar-refractivity contribution is 5.33. The molecule has 2 aliphatic heterocycles. The molecule has 2 atom stereocenters. The van der Waals surface area contributed by atoms with Gasteiger partial charge in [0.1, 0.15) is 5.75 Å². The molecular weight excluding hydrogens is 490 g/mol. The van der Waals surface area contributed by atoms with Crippen LogP contribution in [0, 0.1) is 12.8 Å². The number of phenols is 1. The minimum Gasteiger partial charge on any atom is -0.508 e. The van der Waals surface area contributed by atoms with Crippen LogP contribution in [0.2, 0.25) is 0 Å². The Kier molecular flexibility index (Phi) is 10.2. The van der Waals surface area contributed by atoms with E-state index in [1.165, 1.54) is 5.69 Å². The Bertz CT molecular complexity index is 1270. The Morgan fingerprint density at radius 2 is 1.82 bits per heavy atom. The van der Waals surface area contributed by atoms with Crippen LogP contribution in [0.25, 0.3) is 0 Å². The molecular formula is C27H35N5O6. The van der Waals surface area contributed by atoms with Crippen LogP contribution < -0.4 is 5.56 Å². The summed E-state index contributed by atoms with van der Waals surface area (Å²) in [6, 6.07) is 13.6. The number of fused-ring (bicyclic) bond motifs is 4. The molecule has 1 fully saturated rings. The number of carboxylic acid groups (broad SMARTS) is 2. The van der Waals surface area contributed by atoms with E-state index in [0.717, 1.165) is 55.1 Å². The maximum atomic E-state index is 13.3. The number of aromatic amines is 1. The fraction of sp³-hybridized carbons (Fsp3) is 0.407. The Hall–Kier alpha value is -3.96. The molecule has 1 saturated heterocycles. The number of hydrogen-bond donors (Lipinski definition) is 4. The van der Waals surface area contributed by atoms with Gasteiger partial charge in [0.25, 0.3) is 18.5 Å². The first kappa shape index (κ1) is 28.6. The molecule has 2 aliphatic rings. The molecule has 11 nitrogen and oxygen atoms in total. The van der Waals surface area contributed by atoms with Crippen LogP contribution in [0.4, 0.5) is 0 Å². The lowest BCUT2D eigenvalue weighted by Gasteiger charge is -2.42. The summed E-state index contributed by atoms with van der Waals surface area (Å²) < 4.78 is 2.03. The van der Waals surface area contributed by atoms with Gasteiger partial charge in [-0.05, 0) is 56.1 Å². The van der Waals surface area contributed by atoms with Gasteiger partial charge in [0.15, 0.2) is 0 Å². The van der Waals surface area contributed by atoms with Crippen molar-refractivity contribution in [1.82, 2.24) is 24.6 Å². The molecule has 2 bridgehead atoms. The number of likely N-dealkylation sites (tertiary alicyclic amines) is 1. The van der Waals surface area contributed by atoms with E-state index in [2.05, 4.69) is 32.1 Å². The molecule has 0 spiro atoms. The molecule has 0 radical (unpaired) electrons. The lowest BCUT2D eigenvalue weighted by Crippen LogP contribution is -2.47. The Labute approximate surface area is 221 Å². The number of benzene rings is 1. The number of nitrogens with one attached hydrogen (secondary N) is 1. The molecule has 5 rings (SSSR count). The number of H-pyrrole nitrogens is 1. The van der Waals surface area contributed by atoms with Crippen LogP contribution in [0.15, 0.2) is 47.3 Å². The highest BCUT2D eigenvalue weighted by atomic mass is 16.3. The fourth-order valence-electron chi connectivity index (χ4n) is 5.44. The van der Waals surface area contributed by atoms with Crippen molar-refractivity contribution in [1.29, 1.82) is 0 Å². The Morgan fingerprint density at radius 1 is 1.08 bits per heavy atom. The number of phenolic OH excluding ortho intramolecular Hbond substituents is 1. The van der Waals surface area contributed by atoms with Crippen molar-refractivity contribution in [2.24, 2.45) is 5.92 Å². The molecule has 38 heavy (non-hydrogen) atoms. The molecule has 11 heteroatoms. The van der Waals surface area contributed by atoms with Gasteiger partial charge in [-0.3, -0.25) is 29.3 Å². The standard InChI is InChI=1S/C25H31N5O2.2CH2O2/c1-17-8-22(27-26-17)16-29-12-19-9-21(15-29)24-7-6-20(25(32)30(24)13-19)14-28(2)11-18-4-3-5-23(31)10-18;2*2-1-3/h3-8,10,19,21,31H,9,11-16H2,1-2H3,(H,26,27);2*1H,(H,2,3)/t19-,21+;;/m0../s1. The van der Waals surface area contributed by atoms with Crippen LogP contribution in [-0.4, -0.2) is 73.0 Å². The maximum Gasteiger partial charge on any atom is 0.290 e. The first-order valence-corrected chi connectivity index (χ1v) is 12.4. The zero-order valence-electron chi connectivity index (χ0n) is 21.7. The first-order valence-electron chi connectivity index (χ1n) is 12.4. The van der Waals surface area contributed by atoms with Crippen LogP contribution in [0.3, 0.4) is 0 Å². The molecule has 0 saturated carbocycles. The van der Waals surface area contributed by atoms with Gasteiger partial charge in [-0.15, -0.1) is 0 Å². The molecule has 0 amide bonds. The zero-order valence-corrected chi connectivity index (χ0v) is 21.7. The van der Waals surface area contributed by atoms with Gasteiger partial charge in [0, 0.05) is 62.1 Å². The van der Waals surface area contributed by atoms with Crippen LogP contribution >= 0.6 is 0 Å². The molecule has 4 N–H and O–H groups in total. The topological polar surface area (TPSA) is 152 Å². The van der Waals surface area contributed by atoms with Crippen LogP contribution in [0.1, 0.15) is 40.5 Å². The monoisotopic (exact) mass is 525 g/mol. The van der Waals surface area contributed by atoms with Crippen molar-refractivity contribution in [3.63, 3.8) is 0 Å². The maximum absolute atomic E-state index is 13.3. The van der Waals surface area contributed by atoms with E-state index >= 15 is 0 Å². The van der Waals surface area contributed by atoms with E-state index < -0.39 is 0 Å². The van der Waals surface area contributed by atoms with Crippen LogP contribution in [0.5, 0.6) is 5.75 Å². The lowest BCUT2D eigenvalue weighted by atomic mass is 9.83. The van der Waals surface area contributed by atoms with E-state index in [1.807, 2.05) is 36.7 Å². The number of rotatable bonds is 6. The summed E-state index contributed by atoms with van der Waals surface area (Å²) in [6.07, 6.45) is 1.16. The van der Waals surface area contributed by atoms with Crippen molar-refractivity contribution in [2.75, 3.05) is 20.1 Å². The van der Waals surface area contributed by atoms with Gasteiger partial charge in [0.05, 0.1) is 5.69 Å². The average Bonchev–Trinajstić information content (AvgIpc) is 3.26. The molecule has 0 unspecified atom stereocenters. The fourth-order valence-corrected chi connectivity index (χ4v) is 5.44. The van der Waals surface area contributed by atoms with E-state index in [4.69, 9.17) is 19.8 Å². The number of carbonyl (C=O) groups is 2. The highest BCUT2D eigenvalue weighted by Crippen LogP contribution is 2.35. The number of aryl methyl sites for hydroxylation is 1. The van der Waals surface area contributed by atoms with Crippen molar-refractivity contribution >= 4 is 12.9 Å². The second kappa shape index (κ2) is 13.5. The molecule has 2 aromatic heterocycles. The number of aromatic nitrogens is 3. The summed E-state index contributed by atoms with van der Waals surface area (Å²) in [5, 5.41) is 30.9. The third kappa shape index (κ3) is 7.53. The summed E-state index contributed by atoms with van der Waals surface area (Å²) in [4.78, 5) is 34.7. The molecule has 204 valence electrons. The molecule has 3 aromatic rings. The normalized spacial score (nSPS) is 17.9. The Morgan fingerprint density at radius 3 is 2.47 bits per heavy atom. The SMILES string of the molecule is Cc1cc(CN2C[C@@H]3C[C@H](C2)c2ccc(CN(C)Cc4cccc(O)c4)c(=O)n2C3)n[nH]1.O=CO.O=CO. The summed E-state index contributed by atoms with van der Waals surface area (Å²) in [5.74, 6) is 1.17. The number of piperidine rings is 1. The average molecular weight is 526 g/mol. The molecule has 4 heterocycles. The second-order valence-electron chi connectivity index (χ2n) is 9.79. The summed E-state index contributed by atoms with van der Waals surface area (Å²) >= 11 is 0. The van der Waals surface area contributed by atoms with Crippen molar-refractivity contribution in [2.45, 2.75) is 45.4 Å². The molecule has 0 aliphatic carbocycles. The van der Waals surface area contributed by atoms with E-state index in [9.17, 15) is 9.90 Å². The number of pyridine rings is 1. The predicted octanol–water partition coefficient (Wildman–Crippen LogP) is 2.24. The van der Waals surface area contributed by atoms with Crippen LogP contribution in [-0.2, 0) is 35.8 Å². The predicted molar refractivity (Wildman–Crippen MR) is 141 cm³/mol.